The zero-order valence-corrected chi connectivity index (χ0v) is 41.8. The van der Waals surface area contributed by atoms with Gasteiger partial charge < -0.3 is 24.8 Å². The summed E-state index contributed by atoms with van der Waals surface area (Å²) in [5.41, 5.74) is 0. The second kappa shape index (κ2) is 31.3. The molecule has 6 rings (SSSR count). The predicted octanol–water partition coefficient (Wildman–Crippen LogP) is 4.81. The predicted molar refractivity (Wildman–Crippen MR) is 244 cm³/mol. The molecule has 6 aliphatic carbocycles. The summed E-state index contributed by atoms with van der Waals surface area (Å²) >= 11 is 11.3. The van der Waals surface area contributed by atoms with Crippen LogP contribution in [-0.2, 0) is 62.9 Å². The van der Waals surface area contributed by atoms with Gasteiger partial charge in [0.25, 0.3) is 0 Å². The van der Waals surface area contributed by atoms with Gasteiger partial charge >= 0.3 is 42.7 Å². The van der Waals surface area contributed by atoms with Crippen molar-refractivity contribution in [3.05, 3.63) is 0 Å². The van der Waals surface area contributed by atoms with Gasteiger partial charge in [-0.15, -0.1) is 35.0 Å². The zero-order chi connectivity index (χ0) is 45.0. The van der Waals surface area contributed by atoms with E-state index in [1.165, 1.54) is 53.4 Å². The molecule has 0 heterocycles. The fourth-order valence-electron chi connectivity index (χ4n) is 8.27. The third kappa shape index (κ3) is 19.4. The first-order valence-electron chi connectivity index (χ1n) is 21.2. The number of carboxylic acids is 1. The molecule has 0 amide bonds. The number of aliphatic carboxylic acids is 1. The molecular formula is C41H73Cl2LiO15S4. The number of sulfone groups is 3. The monoisotopic (exact) mass is 1010 g/mol. The van der Waals surface area contributed by atoms with Crippen molar-refractivity contribution in [2.45, 2.75) is 192 Å². The van der Waals surface area contributed by atoms with E-state index in [0.29, 0.717) is 75.2 Å². The molecule has 0 radical (unpaired) electrons. The van der Waals surface area contributed by atoms with Gasteiger partial charge in [0.2, 0.25) is 0 Å². The van der Waals surface area contributed by atoms with Crippen LogP contribution in [0.2, 0.25) is 0 Å². The number of thioether (sulfide) groups is 1. The molecule has 6 aliphatic rings. The number of carbonyl (C=O) groups excluding carboxylic acids is 3. The third-order valence-electron chi connectivity index (χ3n) is 12.3. The SMILES string of the molecule is C.COC(=O)C1(S(=O)(=O)C2CCCCC2)CC1.COC(=O)CS(=O)(=O)C1CCCCC1.COC(=O)CSC1CCCCC1.ClCCl.O=C(O)C1(S(=O)(=O)C2CCCCC2)CC1.[Li+].[OH-]. The number of esters is 3. The molecule has 2 N–H and O–H groups in total. The normalized spacial score (nSPS) is 20.8. The first-order chi connectivity index (χ1) is 28.3. The largest absolute Gasteiger partial charge is 1.00 e. The quantitative estimate of drug-likeness (QED) is 0.119. The van der Waals surface area contributed by atoms with Crippen LogP contribution in [0.25, 0.3) is 0 Å². The van der Waals surface area contributed by atoms with Crippen LogP contribution in [0.5, 0.6) is 0 Å². The van der Waals surface area contributed by atoms with E-state index >= 15 is 0 Å². The van der Waals surface area contributed by atoms with E-state index in [4.69, 9.17) is 28.3 Å². The van der Waals surface area contributed by atoms with Crippen LogP contribution >= 0.6 is 35.0 Å². The second-order valence-corrected chi connectivity index (χ2v) is 25.7. The van der Waals surface area contributed by atoms with Crippen LogP contribution in [0, 0.1) is 0 Å². The molecule has 15 nitrogen and oxygen atoms in total. The van der Waals surface area contributed by atoms with E-state index in [0.717, 1.165) is 57.8 Å². The summed E-state index contributed by atoms with van der Waals surface area (Å²) < 4.78 is 83.3. The minimum absolute atomic E-state index is 0. The summed E-state index contributed by atoms with van der Waals surface area (Å²) in [7, 11) is -6.14. The van der Waals surface area contributed by atoms with E-state index in [-0.39, 0.29) is 53.6 Å². The Labute approximate surface area is 403 Å². The summed E-state index contributed by atoms with van der Waals surface area (Å²) in [5.74, 6) is -2.39. The number of ether oxygens (including phenoxy) is 3. The van der Waals surface area contributed by atoms with Crippen molar-refractivity contribution in [3.63, 3.8) is 0 Å². The minimum Gasteiger partial charge on any atom is -0.870 e. The number of halogens is 2. The molecule has 0 saturated heterocycles. The fourth-order valence-corrected chi connectivity index (χ4v) is 16.2. The van der Waals surface area contributed by atoms with Crippen molar-refractivity contribution in [2.24, 2.45) is 0 Å². The van der Waals surface area contributed by atoms with Crippen LogP contribution in [0.3, 0.4) is 0 Å². The number of carbonyl (C=O) groups is 4. The molecule has 0 unspecified atom stereocenters. The Morgan fingerprint density at radius 3 is 1.22 bits per heavy atom. The van der Waals surface area contributed by atoms with Gasteiger partial charge in [0, 0.05) is 5.25 Å². The fraction of sp³-hybridized carbons (Fsp3) is 0.902. The maximum absolute atomic E-state index is 12.4. The minimum atomic E-state index is -3.45. The molecule has 0 bridgehead atoms. The maximum atomic E-state index is 12.4. The molecule has 0 aromatic rings. The molecule has 22 heteroatoms. The van der Waals surface area contributed by atoms with Crippen LogP contribution in [0.1, 0.15) is 162 Å². The van der Waals surface area contributed by atoms with Gasteiger partial charge in [-0.3, -0.25) is 19.2 Å². The van der Waals surface area contributed by atoms with Gasteiger partial charge in [0.15, 0.2) is 39.0 Å². The molecule has 0 aromatic carbocycles. The Morgan fingerprint density at radius 2 is 0.905 bits per heavy atom. The second-order valence-electron chi connectivity index (χ2n) is 16.3. The first kappa shape index (κ1) is 64.3. The molecule has 0 atom stereocenters. The topological polar surface area (TPSA) is 249 Å². The number of alkyl halides is 2. The van der Waals surface area contributed by atoms with Gasteiger partial charge in [-0.1, -0.05) is 84.5 Å². The Balaban J connectivity index is 0. The van der Waals surface area contributed by atoms with E-state index in [2.05, 4.69) is 14.2 Å². The molecule has 6 saturated carbocycles. The van der Waals surface area contributed by atoms with Gasteiger partial charge in [0.1, 0.15) is 5.75 Å². The number of hydrogen-bond donors (Lipinski definition) is 1. The van der Waals surface area contributed by atoms with Crippen LogP contribution in [-0.4, -0.2) is 128 Å². The van der Waals surface area contributed by atoms with Gasteiger partial charge in [0.05, 0.1) is 48.2 Å². The Bertz CT molecular complexity index is 1680. The number of carboxylic acid groups (broad SMARTS) is 1. The molecule has 63 heavy (non-hydrogen) atoms. The number of rotatable bonds is 12. The average molecular weight is 1010 g/mol. The molecule has 0 spiro atoms. The van der Waals surface area contributed by atoms with Gasteiger partial charge in [-0.25, -0.2) is 25.3 Å². The molecular weight excluding hydrogens is 939 g/mol. The summed E-state index contributed by atoms with van der Waals surface area (Å²) in [4.78, 5) is 44.3. The molecule has 366 valence electrons. The Kier molecular flexibility index (Phi) is 31.9. The summed E-state index contributed by atoms with van der Waals surface area (Å²) in [6.45, 7) is 0. The van der Waals surface area contributed by atoms with Crippen molar-refractivity contribution >= 4 is 88.4 Å². The van der Waals surface area contributed by atoms with E-state index < -0.39 is 67.9 Å². The van der Waals surface area contributed by atoms with Gasteiger partial charge in [-0.2, -0.15) is 0 Å². The molecule has 0 aromatic heterocycles. The average Bonchev–Trinajstić information content (AvgIpc) is 4.20. The van der Waals surface area contributed by atoms with Crippen LogP contribution in [0.15, 0.2) is 0 Å². The van der Waals surface area contributed by atoms with Gasteiger partial charge in [-0.05, 0) is 77.0 Å². The van der Waals surface area contributed by atoms with Crippen molar-refractivity contribution in [3.8, 4) is 0 Å². The molecule has 0 aliphatic heterocycles. The maximum Gasteiger partial charge on any atom is 1.00 e. The standard InChI is InChI=1S/C11H18O4S.C10H16O4S.C9H16O4S.C9H16O2S.CH2Cl2.CH4.Li.H2O/c1-15-10(12)11(7-8-11)16(13,14)9-5-3-2-4-6-9;11-9(12)10(6-7-10)15(13,14)8-4-2-1-3-5-8;1-13-9(10)7-14(11,12)8-5-3-2-4-6-8;1-11-9(10)7-12-8-5-3-2-4-6-8;2-1-3;;;/h9H,2-8H2,1H3;8H,1-7H2,(H,11,12);8H,2-7H2,1H3;8H,2-7H2,1H3;1H2;1H4;;1H2/q;;;;;;+1;/p-1. The van der Waals surface area contributed by atoms with Crippen LogP contribution in [0.4, 0.5) is 0 Å². The van der Waals surface area contributed by atoms with Crippen molar-refractivity contribution in [2.75, 3.05) is 38.2 Å². The Hall–Kier alpha value is -0.783. The third-order valence-corrected chi connectivity index (χ3v) is 21.8. The Morgan fingerprint density at radius 1 is 0.571 bits per heavy atom. The van der Waals surface area contributed by atoms with Crippen LogP contribution < -0.4 is 18.9 Å². The summed E-state index contributed by atoms with van der Waals surface area (Å²) in [6, 6.07) is 0. The van der Waals surface area contributed by atoms with E-state index in [9.17, 15) is 44.4 Å². The molecule has 6 fully saturated rings. The summed E-state index contributed by atoms with van der Waals surface area (Å²) in [6.07, 6.45) is 21.1. The van der Waals surface area contributed by atoms with Crippen molar-refractivity contribution < 1.29 is 88.1 Å². The van der Waals surface area contributed by atoms with Crippen molar-refractivity contribution in [1.82, 2.24) is 0 Å². The van der Waals surface area contributed by atoms with E-state index in [1.54, 1.807) is 11.8 Å². The number of hydrogen-bond acceptors (Lipinski definition) is 15. The van der Waals surface area contributed by atoms with E-state index in [1.807, 2.05) is 0 Å². The first-order valence-corrected chi connectivity index (χ1v) is 28.2. The zero-order valence-electron chi connectivity index (χ0n) is 37.0. The summed E-state index contributed by atoms with van der Waals surface area (Å²) in [5, 5.41) is 8.85. The smallest absolute Gasteiger partial charge is 0.870 e. The number of methoxy groups -OCH3 is 3. The van der Waals surface area contributed by atoms with Crippen molar-refractivity contribution in [1.29, 1.82) is 0 Å².